The molecule has 1 saturated heterocycles. The van der Waals surface area contributed by atoms with Crippen LogP contribution < -0.4 is 5.32 Å². The number of imidazole rings is 1. The number of hydrogen-bond acceptors (Lipinski definition) is 4. The third-order valence-electron chi connectivity index (χ3n) is 4.75. The summed E-state index contributed by atoms with van der Waals surface area (Å²) in [5, 5.41) is 4.85. The van der Waals surface area contributed by atoms with E-state index in [1.54, 1.807) is 0 Å². The maximum absolute atomic E-state index is 4.81. The fourth-order valence-corrected chi connectivity index (χ4v) is 4.08. The Labute approximate surface area is 147 Å². The van der Waals surface area contributed by atoms with Crippen LogP contribution >= 0.6 is 11.8 Å². The van der Waals surface area contributed by atoms with E-state index in [0.717, 1.165) is 36.6 Å². The standard InChI is InChI=1S/C19H24N4S/c1-2-18-22-17-11-21-16-8-4-3-7-15(16)19(17)23(18)10-6-5-9-20-14-12-24-13-14/h3-4,7-8,11,14,20H,2,5-6,9-10,12-13H2,1H3. The maximum atomic E-state index is 4.81. The third kappa shape index (κ3) is 3.03. The topological polar surface area (TPSA) is 42.7 Å². The first-order chi connectivity index (χ1) is 11.9. The average Bonchev–Trinajstić information content (AvgIpc) is 2.94. The van der Waals surface area contributed by atoms with E-state index < -0.39 is 0 Å². The normalized spacial score (nSPS) is 15.2. The van der Waals surface area contributed by atoms with Crippen molar-refractivity contribution in [1.82, 2.24) is 19.9 Å². The lowest BCUT2D eigenvalue weighted by molar-refractivity contribution is 0.527. The van der Waals surface area contributed by atoms with Crippen molar-refractivity contribution < 1.29 is 0 Å². The monoisotopic (exact) mass is 340 g/mol. The second-order valence-electron chi connectivity index (χ2n) is 6.44. The number of rotatable bonds is 7. The molecule has 1 N–H and O–H groups in total. The van der Waals surface area contributed by atoms with E-state index in [2.05, 4.69) is 40.0 Å². The zero-order chi connectivity index (χ0) is 16.4. The molecule has 24 heavy (non-hydrogen) atoms. The minimum Gasteiger partial charge on any atom is -0.327 e. The molecule has 4 nitrogen and oxygen atoms in total. The van der Waals surface area contributed by atoms with Gasteiger partial charge in [-0.25, -0.2) is 4.98 Å². The Bertz CT molecular complexity index is 838. The van der Waals surface area contributed by atoms with Crippen molar-refractivity contribution in [3.05, 3.63) is 36.3 Å². The van der Waals surface area contributed by atoms with Crippen LogP contribution in [0.5, 0.6) is 0 Å². The molecular formula is C19H24N4S. The van der Waals surface area contributed by atoms with Crippen LogP contribution in [0.25, 0.3) is 21.9 Å². The number of pyridine rings is 1. The Morgan fingerprint density at radius 1 is 1.21 bits per heavy atom. The number of fused-ring (bicyclic) bond motifs is 3. The quantitative estimate of drug-likeness (QED) is 0.667. The minimum atomic E-state index is 0.755. The van der Waals surface area contributed by atoms with Gasteiger partial charge in [0.25, 0.3) is 0 Å². The second-order valence-corrected chi connectivity index (χ2v) is 7.51. The zero-order valence-corrected chi connectivity index (χ0v) is 15.0. The van der Waals surface area contributed by atoms with Crippen LogP contribution in [0, 0.1) is 0 Å². The SMILES string of the molecule is CCc1nc2cnc3ccccc3c2n1CCCCNC1CSC1. The molecule has 1 aliphatic rings. The number of aryl methyl sites for hydroxylation is 2. The summed E-state index contributed by atoms with van der Waals surface area (Å²) in [6, 6.07) is 9.14. The number of aromatic nitrogens is 3. The van der Waals surface area contributed by atoms with Crippen molar-refractivity contribution in [2.45, 2.75) is 38.8 Å². The van der Waals surface area contributed by atoms with E-state index >= 15 is 0 Å². The second kappa shape index (κ2) is 7.11. The van der Waals surface area contributed by atoms with Gasteiger partial charge in [0.1, 0.15) is 11.3 Å². The lowest BCUT2D eigenvalue weighted by Crippen LogP contribution is -2.40. The summed E-state index contributed by atoms with van der Waals surface area (Å²) in [6.45, 7) is 4.35. The summed E-state index contributed by atoms with van der Waals surface area (Å²) in [5.41, 5.74) is 3.33. The molecule has 3 aromatic rings. The lowest BCUT2D eigenvalue weighted by Gasteiger charge is -2.26. The van der Waals surface area contributed by atoms with Crippen LogP contribution in [0.4, 0.5) is 0 Å². The smallest absolute Gasteiger partial charge is 0.109 e. The van der Waals surface area contributed by atoms with E-state index in [1.807, 2.05) is 24.0 Å². The number of hydrogen-bond donors (Lipinski definition) is 1. The summed E-state index contributed by atoms with van der Waals surface area (Å²) in [5.74, 6) is 3.74. The Hall–Kier alpha value is -1.59. The first kappa shape index (κ1) is 15.9. The van der Waals surface area contributed by atoms with Gasteiger partial charge in [0.15, 0.2) is 0 Å². The number of thioether (sulfide) groups is 1. The highest BCUT2D eigenvalue weighted by molar-refractivity contribution is 8.00. The highest BCUT2D eigenvalue weighted by Gasteiger charge is 2.16. The van der Waals surface area contributed by atoms with Gasteiger partial charge in [0.2, 0.25) is 0 Å². The van der Waals surface area contributed by atoms with Crippen molar-refractivity contribution in [3.8, 4) is 0 Å². The van der Waals surface area contributed by atoms with E-state index in [1.165, 1.54) is 41.1 Å². The van der Waals surface area contributed by atoms with Crippen molar-refractivity contribution in [1.29, 1.82) is 0 Å². The number of benzene rings is 1. The molecule has 0 radical (unpaired) electrons. The first-order valence-corrected chi connectivity index (χ1v) is 10.1. The van der Waals surface area contributed by atoms with Gasteiger partial charge < -0.3 is 9.88 Å². The van der Waals surface area contributed by atoms with Gasteiger partial charge in [-0.1, -0.05) is 25.1 Å². The third-order valence-corrected chi connectivity index (χ3v) is 6.03. The van der Waals surface area contributed by atoms with Crippen LogP contribution in [-0.2, 0) is 13.0 Å². The van der Waals surface area contributed by atoms with E-state index in [4.69, 9.17) is 4.98 Å². The molecule has 0 bridgehead atoms. The summed E-state index contributed by atoms with van der Waals surface area (Å²) >= 11 is 2.03. The van der Waals surface area contributed by atoms with Crippen molar-refractivity contribution >= 4 is 33.7 Å². The highest BCUT2D eigenvalue weighted by atomic mass is 32.2. The molecule has 4 rings (SSSR count). The predicted octanol–water partition coefficient (Wildman–Crippen LogP) is 3.63. The molecule has 1 aliphatic heterocycles. The Morgan fingerprint density at radius 3 is 2.88 bits per heavy atom. The molecule has 126 valence electrons. The van der Waals surface area contributed by atoms with E-state index in [-0.39, 0.29) is 0 Å². The van der Waals surface area contributed by atoms with Gasteiger partial charge in [0, 0.05) is 35.9 Å². The summed E-state index contributed by atoms with van der Waals surface area (Å²) in [4.78, 5) is 9.37. The van der Waals surface area contributed by atoms with Gasteiger partial charge >= 0.3 is 0 Å². The van der Waals surface area contributed by atoms with Crippen LogP contribution in [0.3, 0.4) is 0 Å². The van der Waals surface area contributed by atoms with Crippen molar-refractivity contribution in [2.75, 3.05) is 18.1 Å². The van der Waals surface area contributed by atoms with E-state index in [0.29, 0.717) is 0 Å². The van der Waals surface area contributed by atoms with Crippen LogP contribution in [-0.4, -0.2) is 38.6 Å². The molecule has 0 atom stereocenters. The molecule has 2 aromatic heterocycles. The molecule has 1 fully saturated rings. The van der Waals surface area contributed by atoms with Gasteiger partial charge in [-0.15, -0.1) is 0 Å². The molecule has 0 aliphatic carbocycles. The fraction of sp³-hybridized carbons (Fsp3) is 0.474. The number of para-hydroxylation sites is 1. The van der Waals surface area contributed by atoms with Crippen LogP contribution in [0.15, 0.2) is 30.5 Å². The number of nitrogens with one attached hydrogen (secondary N) is 1. The summed E-state index contributed by atoms with van der Waals surface area (Å²) < 4.78 is 2.42. The predicted molar refractivity (Wildman–Crippen MR) is 103 cm³/mol. The largest absolute Gasteiger partial charge is 0.327 e. The van der Waals surface area contributed by atoms with Gasteiger partial charge in [-0.05, 0) is 25.5 Å². The highest BCUT2D eigenvalue weighted by Crippen LogP contribution is 2.25. The lowest BCUT2D eigenvalue weighted by atomic mass is 10.2. The van der Waals surface area contributed by atoms with Gasteiger partial charge in [0.05, 0.1) is 17.2 Å². The van der Waals surface area contributed by atoms with Crippen LogP contribution in [0.1, 0.15) is 25.6 Å². The zero-order valence-electron chi connectivity index (χ0n) is 14.2. The van der Waals surface area contributed by atoms with Crippen molar-refractivity contribution in [3.63, 3.8) is 0 Å². The Morgan fingerprint density at radius 2 is 2.08 bits per heavy atom. The average molecular weight is 340 g/mol. The number of unbranched alkanes of at least 4 members (excludes halogenated alkanes) is 1. The first-order valence-electron chi connectivity index (χ1n) is 8.91. The number of nitrogens with zero attached hydrogens (tertiary/aromatic N) is 3. The molecular weight excluding hydrogens is 316 g/mol. The van der Waals surface area contributed by atoms with Gasteiger partial charge in [-0.2, -0.15) is 11.8 Å². The molecule has 0 amide bonds. The molecule has 0 saturated carbocycles. The summed E-state index contributed by atoms with van der Waals surface area (Å²) in [7, 11) is 0. The van der Waals surface area contributed by atoms with E-state index in [9.17, 15) is 0 Å². The Kier molecular flexibility index (Phi) is 4.72. The molecule has 0 spiro atoms. The maximum Gasteiger partial charge on any atom is 0.109 e. The van der Waals surface area contributed by atoms with Gasteiger partial charge in [-0.3, -0.25) is 4.98 Å². The molecule has 1 aromatic carbocycles. The fourth-order valence-electron chi connectivity index (χ4n) is 3.38. The van der Waals surface area contributed by atoms with Crippen LogP contribution in [0.2, 0.25) is 0 Å². The molecule has 0 unspecified atom stereocenters. The molecule has 5 heteroatoms. The van der Waals surface area contributed by atoms with Crippen molar-refractivity contribution in [2.24, 2.45) is 0 Å². The molecule has 3 heterocycles. The summed E-state index contributed by atoms with van der Waals surface area (Å²) in [6.07, 6.45) is 5.28. The minimum absolute atomic E-state index is 0.755. The Balaban J connectivity index is 1.54.